The molecule has 0 bridgehead atoms. The van der Waals surface area contributed by atoms with Gasteiger partial charge in [0.25, 0.3) is 0 Å². The van der Waals surface area contributed by atoms with Crippen molar-refractivity contribution in [2.45, 2.75) is 117 Å². The van der Waals surface area contributed by atoms with Gasteiger partial charge in [-0.1, -0.05) is 103 Å². The second kappa shape index (κ2) is 18.5. The number of nitrogens with two attached hydrogens (primary N) is 1. The van der Waals surface area contributed by atoms with E-state index >= 15 is 0 Å². The van der Waals surface area contributed by atoms with Gasteiger partial charge in [0.2, 0.25) is 0 Å². The van der Waals surface area contributed by atoms with E-state index in [2.05, 4.69) is 11.9 Å². The Kier molecular flexibility index (Phi) is 18.1. The minimum atomic E-state index is 0.723. The maximum absolute atomic E-state index is 5.51. The molecule has 0 saturated carbocycles. The summed E-state index contributed by atoms with van der Waals surface area (Å²) in [7, 11) is 0. The third-order valence-corrected chi connectivity index (χ3v) is 4.37. The highest BCUT2D eigenvalue weighted by Crippen LogP contribution is 2.13. The second-order valence-electron chi connectivity index (χ2n) is 6.83. The molecule has 0 unspecified atom stereocenters. The Morgan fingerprint density at radius 3 is 1.23 bits per heavy atom. The topological polar surface area (TPSA) is 38.4 Å². The summed E-state index contributed by atoms with van der Waals surface area (Å²) in [5, 5.41) is 0. The molecule has 0 rings (SSSR count). The van der Waals surface area contributed by atoms with Crippen LogP contribution in [-0.2, 0) is 0 Å². The molecule has 22 heavy (non-hydrogen) atoms. The van der Waals surface area contributed by atoms with E-state index < -0.39 is 0 Å². The number of hydrogen-bond donors (Lipinski definition) is 1. The van der Waals surface area contributed by atoms with Gasteiger partial charge in [-0.3, -0.25) is 4.99 Å². The lowest BCUT2D eigenvalue weighted by Gasteiger charge is -2.03. The monoisotopic (exact) mass is 310 g/mol. The normalized spacial score (nSPS) is 12.0. The molecule has 0 aliphatic rings. The highest BCUT2D eigenvalue weighted by atomic mass is 14.8. The summed E-state index contributed by atoms with van der Waals surface area (Å²) in [6.45, 7) is 5.07. The highest BCUT2D eigenvalue weighted by molar-refractivity contribution is 5.77. The first-order chi connectivity index (χ1) is 10.8. The summed E-state index contributed by atoms with van der Waals surface area (Å²) in [4.78, 5) is 4.22. The van der Waals surface area contributed by atoms with Crippen LogP contribution in [0.5, 0.6) is 0 Å². The molecule has 0 spiro atoms. The smallest absolute Gasteiger partial charge is 0.0905 e. The first-order valence-electron chi connectivity index (χ1n) is 10.0. The van der Waals surface area contributed by atoms with Crippen molar-refractivity contribution in [2.24, 2.45) is 10.7 Å². The molecule has 0 saturated heterocycles. The van der Waals surface area contributed by atoms with Crippen LogP contribution in [0, 0.1) is 0 Å². The summed E-state index contributed by atoms with van der Waals surface area (Å²) < 4.78 is 0. The number of nitrogens with zero attached hydrogens (tertiary/aromatic N) is 1. The Morgan fingerprint density at radius 1 is 0.591 bits per heavy atom. The van der Waals surface area contributed by atoms with Crippen molar-refractivity contribution in [2.75, 3.05) is 6.54 Å². The zero-order valence-corrected chi connectivity index (χ0v) is 15.5. The maximum Gasteiger partial charge on any atom is 0.0905 e. The van der Waals surface area contributed by atoms with Crippen LogP contribution in [0.1, 0.15) is 117 Å². The fourth-order valence-corrected chi connectivity index (χ4v) is 2.92. The van der Waals surface area contributed by atoms with Crippen LogP contribution in [0.25, 0.3) is 0 Å². The third kappa shape index (κ3) is 19.5. The van der Waals surface area contributed by atoms with Crippen LogP contribution < -0.4 is 5.73 Å². The second-order valence-corrected chi connectivity index (χ2v) is 6.83. The van der Waals surface area contributed by atoms with Crippen molar-refractivity contribution < 1.29 is 0 Å². The lowest BCUT2D eigenvalue weighted by Crippen LogP contribution is -2.05. The molecule has 2 N–H and O–H groups in total. The SMILES string of the molecule is CCCCCCCCCCCCCCCCCCN=C(C)N. The molecular weight excluding hydrogens is 268 g/mol. The molecule has 0 heterocycles. The predicted molar refractivity (Wildman–Crippen MR) is 102 cm³/mol. The van der Waals surface area contributed by atoms with Gasteiger partial charge in [0, 0.05) is 6.54 Å². The molecular formula is C20H42N2. The van der Waals surface area contributed by atoms with Gasteiger partial charge in [-0.2, -0.15) is 0 Å². The van der Waals surface area contributed by atoms with Crippen LogP contribution >= 0.6 is 0 Å². The molecule has 2 heteroatoms. The summed E-state index contributed by atoms with van der Waals surface area (Å²) in [6, 6.07) is 0. The Morgan fingerprint density at radius 2 is 0.909 bits per heavy atom. The fraction of sp³-hybridized carbons (Fsp3) is 0.950. The average molecular weight is 311 g/mol. The van der Waals surface area contributed by atoms with Gasteiger partial charge in [-0.05, 0) is 13.3 Å². The standard InChI is InChI=1S/C20H42N2/c1-3-4-5-6-7-8-9-10-11-12-13-14-15-16-17-18-19-22-20(2)21/h3-19H2,1-2H3,(H2,21,22). The summed E-state index contributed by atoms with van der Waals surface area (Å²) in [6.07, 6.45) is 22.6. The van der Waals surface area contributed by atoms with Crippen LogP contribution in [0.4, 0.5) is 0 Å². The van der Waals surface area contributed by atoms with Gasteiger partial charge < -0.3 is 5.73 Å². The van der Waals surface area contributed by atoms with Crippen molar-refractivity contribution in [3.05, 3.63) is 0 Å². The minimum absolute atomic E-state index is 0.723. The largest absolute Gasteiger partial charge is 0.388 e. The van der Waals surface area contributed by atoms with E-state index in [0.29, 0.717) is 0 Å². The minimum Gasteiger partial charge on any atom is -0.388 e. The van der Waals surface area contributed by atoms with E-state index in [0.717, 1.165) is 12.4 Å². The molecule has 132 valence electrons. The number of aliphatic imine (C=N–C) groups is 1. The van der Waals surface area contributed by atoms with Crippen molar-refractivity contribution >= 4 is 5.84 Å². The summed E-state index contributed by atoms with van der Waals surface area (Å²) in [5.41, 5.74) is 5.51. The Bertz CT molecular complexity index is 232. The van der Waals surface area contributed by atoms with Crippen molar-refractivity contribution in [3.8, 4) is 0 Å². The Labute approximate surface area is 140 Å². The van der Waals surface area contributed by atoms with E-state index in [-0.39, 0.29) is 0 Å². The Balaban J connectivity index is 2.98. The number of amidine groups is 1. The van der Waals surface area contributed by atoms with Gasteiger partial charge >= 0.3 is 0 Å². The van der Waals surface area contributed by atoms with Crippen LogP contribution in [0.3, 0.4) is 0 Å². The van der Waals surface area contributed by atoms with E-state index in [4.69, 9.17) is 5.73 Å². The average Bonchev–Trinajstić information content (AvgIpc) is 2.50. The van der Waals surface area contributed by atoms with Gasteiger partial charge in [-0.25, -0.2) is 0 Å². The van der Waals surface area contributed by atoms with Gasteiger partial charge in [0.05, 0.1) is 5.84 Å². The van der Waals surface area contributed by atoms with E-state index in [1.54, 1.807) is 0 Å². The first-order valence-corrected chi connectivity index (χ1v) is 10.0. The number of hydrogen-bond acceptors (Lipinski definition) is 1. The lowest BCUT2D eigenvalue weighted by atomic mass is 10.0. The molecule has 0 radical (unpaired) electrons. The molecule has 0 aromatic carbocycles. The van der Waals surface area contributed by atoms with E-state index in [1.165, 1.54) is 103 Å². The van der Waals surface area contributed by atoms with Crippen LogP contribution in [0.2, 0.25) is 0 Å². The molecule has 0 aromatic heterocycles. The zero-order chi connectivity index (χ0) is 16.3. The van der Waals surface area contributed by atoms with Crippen molar-refractivity contribution in [3.63, 3.8) is 0 Å². The van der Waals surface area contributed by atoms with Gasteiger partial charge in [0.1, 0.15) is 0 Å². The number of unbranched alkanes of at least 4 members (excludes halogenated alkanes) is 15. The third-order valence-electron chi connectivity index (χ3n) is 4.37. The molecule has 0 fully saturated rings. The van der Waals surface area contributed by atoms with E-state index in [1.807, 2.05) is 6.92 Å². The predicted octanol–water partition coefficient (Wildman–Crippen LogP) is 6.63. The summed E-state index contributed by atoms with van der Waals surface area (Å²) >= 11 is 0. The molecule has 0 aliphatic heterocycles. The van der Waals surface area contributed by atoms with Crippen molar-refractivity contribution in [1.82, 2.24) is 0 Å². The van der Waals surface area contributed by atoms with E-state index in [9.17, 15) is 0 Å². The first kappa shape index (κ1) is 21.5. The molecule has 0 amide bonds. The van der Waals surface area contributed by atoms with Crippen LogP contribution in [-0.4, -0.2) is 12.4 Å². The summed E-state index contributed by atoms with van der Waals surface area (Å²) in [5.74, 6) is 0.723. The Hall–Kier alpha value is -0.530. The molecule has 0 aromatic rings. The van der Waals surface area contributed by atoms with Gasteiger partial charge in [-0.15, -0.1) is 0 Å². The lowest BCUT2D eigenvalue weighted by molar-refractivity contribution is 0.530. The highest BCUT2D eigenvalue weighted by Gasteiger charge is 1.94. The zero-order valence-electron chi connectivity index (χ0n) is 15.5. The van der Waals surface area contributed by atoms with Crippen LogP contribution in [0.15, 0.2) is 4.99 Å². The molecule has 0 aliphatic carbocycles. The quantitative estimate of drug-likeness (QED) is 0.183. The van der Waals surface area contributed by atoms with Gasteiger partial charge in [0.15, 0.2) is 0 Å². The fourth-order valence-electron chi connectivity index (χ4n) is 2.92. The van der Waals surface area contributed by atoms with Crippen molar-refractivity contribution in [1.29, 1.82) is 0 Å². The number of rotatable bonds is 17. The maximum atomic E-state index is 5.51. The molecule has 2 nitrogen and oxygen atoms in total. The molecule has 0 atom stereocenters.